The maximum Gasteiger partial charge on any atom is 0.125 e. The number of benzene rings is 1. The zero-order valence-corrected chi connectivity index (χ0v) is 14.8. The Hall–Kier alpha value is -1.29. The van der Waals surface area contributed by atoms with Gasteiger partial charge in [-0.25, -0.2) is 4.39 Å². The van der Waals surface area contributed by atoms with Crippen LogP contribution in [-0.2, 0) is 0 Å². The quantitative estimate of drug-likeness (QED) is 0.788. The molecule has 1 saturated heterocycles. The number of nitrogens with zero attached hydrogens (tertiary/aromatic N) is 1. The van der Waals surface area contributed by atoms with Crippen LogP contribution in [0.2, 0.25) is 0 Å². The fourth-order valence-electron chi connectivity index (χ4n) is 4.23. The summed E-state index contributed by atoms with van der Waals surface area (Å²) in [5, 5.41) is 3.50. The summed E-state index contributed by atoms with van der Waals surface area (Å²) in [6.45, 7) is 3.61. The third kappa shape index (κ3) is 5.10. The summed E-state index contributed by atoms with van der Waals surface area (Å²) in [4.78, 5) is 2.65. The number of piperidine rings is 1. The van der Waals surface area contributed by atoms with Crippen molar-refractivity contribution in [1.82, 2.24) is 4.90 Å². The normalized spacial score (nSPS) is 22.0. The summed E-state index contributed by atoms with van der Waals surface area (Å²) in [5.41, 5.74) is 7.28. The predicted octanol–water partition coefficient (Wildman–Crippen LogP) is 4.64. The maximum absolute atomic E-state index is 13.1. The highest BCUT2D eigenvalue weighted by atomic mass is 19.1. The molecule has 0 atom stereocenters. The van der Waals surface area contributed by atoms with Gasteiger partial charge in [-0.1, -0.05) is 32.1 Å². The van der Waals surface area contributed by atoms with Gasteiger partial charge in [-0.3, -0.25) is 0 Å². The Morgan fingerprint density at radius 3 is 2.33 bits per heavy atom. The Balaban J connectivity index is 1.43. The van der Waals surface area contributed by atoms with Gasteiger partial charge in [0.25, 0.3) is 0 Å². The van der Waals surface area contributed by atoms with Crippen molar-refractivity contribution in [3.63, 3.8) is 0 Å². The van der Waals surface area contributed by atoms with E-state index in [-0.39, 0.29) is 5.82 Å². The summed E-state index contributed by atoms with van der Waals surface area (Å²) in [7, 11) is 0. The van der Waals surface area contributed by atoms with Crippen LogP contribution in [0, 0.1) is 11.7 Å². The number of rotatable bonds is 4. The van der Waals surface area contributed by atoms with E-state index in [4.69, 9.17) is 5.73 Å². The molecule has 2 fully saturated rings. The van der Waals surface area contributed by atoms with Crippen molar-refractivity contribution >= 4 is 11.4 Å². The van der Waals surface area contributed by atoms with Crippen LogP contribution in [0.1, 0.15) is 57.8 Å². The molecule has 0 amide bonds. The second kappa shape index (κ2) is 8.70. The number of likely N-dealkylation sites (tertiary alicyclic amines) is 1. The van der Waals surface area contributed by atoms with Crippen molar-refractivity contribution in [2.45, 2.75) is 63.8 Å². The molecule has 2 aliphatic rings. The fraction of sp³-hybridized carbons (Fsp3) is 0.700. The third-order valence-corrected chi connectivity index (χ3v) is 5.70. The standard InChI is InChI=1S/C20H32FN3/c21-17-8-9-20(19(22)14-17)23-18-10-12-24(13-11-18)15-16-6-4-2-1-3-5-7-16/h8-9,14,16,18,23H,1-7,10-13,15,22H2. The van der Waals surface area contributed by atoms with E-state index in [1.807, 2.05) is 0 Å². The molecule has 1 saturated carbocycles. The average molecular weight is 333 g/mol. The Morgan fingerprint density at radius 1 is 1.00 bits per heavy atom. The molecule has 0 aromatic heterocycles. The van der Waals surface area contributed by atoms with Crippen LogP contribution < -0.4 is 11.1 Å². The molecule has 0 radical (unpaired) electrons. The molecule has 3 nitrogen and oxygen atoms in total. The van der Waals surface area contributed by atoms with Crippen molar-refractivity contribution in [2.24, 2.45) is 5.92 Å². The molecule has 0 unspecified atom stereocenters. The maximum atomic E-state index is 13.1. The van der Waals surface area contributed by atoms with E-state index in [2.05, 4.69) is 10.2 Å². The van der Waals surface area contributed by atoms with Gasteiger partial charge in [0.1, 0.15) is 5.82 Å². The van der Waals surface area contributed by atoms with Crippen molar-refractivity contribution in [1.29, 1.82) is 0 Å². The topological polar surface area (TPSA) is 41.3 Å². The van der Waals surface area contributed by atoms with Gasteiger partial charge in [0.05, 0.1) is 11.4 Å². The molecular formula is C20H32FN3. The van der Waals surface area contributed by atoms with Gasteiger partial charge in [0.2, 0.25) is 0 Å². The van der Waals surface area contributed by atoms with Crippen LogP contribution in [0.5, 0.6) is 0 Å². The van der Waals surface area contributed by atoms with E-state index in [1.54, 1.807) is 6.07 Å². The number of hydrogen-bond acceptors (Lipinski definition) is 3. The number of nitrogens with one attached hydrogen (secondary N) is 1. The number of nitrogens with two attached hydrogens (primary N) is 1. The minimum absolute atomic E-state index is 0.271. The first-order chi connectivity index (χ1) is 11.7. The van der Waals surface area contributed by atoms with Gasteiger partial charge < -0.3 is 16.0 Å². The molecule has 1 aliphatic carbocycles. The Labute approximate surface area is 145 Å². The SMILES string of the molecule is Nc1cc(F)ccc1NC1CCN(CC2CCCCCCC2)CC1. The second-order valence-corrected chi connectivity index (χ2v) is 7.66. The van der Waals surface area contributed by atoms with Crippen LogP contribution in [0.3, 0.4) is 0 Å². The first kappa shape index (κ1) is 17.5. The average Bonchev–Trinajstić information content (AvgIpc) is 2.54. The fourth-order valence-corrected chi connectivity index (χ4v) is 4.23. The zero-order chi connectivity index (χ0) is 16.8. The molecule has 0 spiro atoms. The number of halogens is 1. The van der Waals surface area contributed by atoms with Gasteiger partial charge >= 0.3 is 0 Å². The highest BCUT2D eigenvalue weighted by molar-refractivity contribution is 5.66. The molecule has 3 N–H and O–H groups in total. The smallest absolute Gasteiger partial charge is 0.125 e. The molecule has 4 heteroatoms. The van der Waals surface area contributed by atoms with Crippen molar-refractivity contribution in [3.8, 4) is 0 Å². The van der Waals surface area contributed by atoms with Crippen molar-refractivity contribution < 1.29 is 4.39 Å². The monoisotopic (exact) mass is 333 g/mol. The number of hydrogen-bond donors (Lipinski definition) is 2. The Morgan fingerprint density at radius 2 is 1.67 bits per heavy atom. The molecule has 134 valence electrons. The Bertz CT molecular complexity index is 504. The van der Waals surface area contributed by atoms with Crippen molar-refractivity contribution in [3.05, 3.63) is 24.0 Å². The lowest BCUT2D eigenvalue weighted by Gasteiger charge is -2.35. The molecule has 1 heterocycles. The second-order valence-electron chi connectivity index (χ2n) is 7.66. The van der Waals surface area contributed by atoms with Gasteiger partial charge in [0.15, 0.2) is 0 Å². The number of anilines is 2. The first-order valence-corrected chi connectivity index (χ1v) is 9.74. The van der Waals surface area contributed by atoms with Gasteiger partial charge in [-0.2, -0.15) is 0 Å². The van der Waals surface area contributed by atoms with Gasteiger partial charge in [-0.05, 0) is 49.8 Å². The van der Waals surface area contributed by atoms with Crippen LogP contribution in [0.15, 0.2) is 18.2 Å². The summed E-state index contributed by atoms with van der Waals surface area (Å²) in [5.74, 6) is 0.634. The predicted molar refractivity (Wildman–Crippen MR) is 99.7 cm³/mol. The minimum Gasteiger partial charge on any atom is -0.397 e. The van der Waals surface area contributed by atoms with Crippen LogP contribution in [0.4, 0.5) is 15.8 Å². The van der Waals surface area contributed by atoms with E-state index in [0.29, 0.717) is 11.7 Å². The highest BCUT2D eigenvalue weighted by Gasteiger charge is 2.22. The van der Waals surface area contributed by atoms with Gasteiger partial charge in [0, 0.05) is 25.7 Å². The molecule has 1 aliphatic heterocycles. The lowest BCUT2D eigenvalue weighted by molar-refractivity contribution is 0.173. The summed E-state index contributed by atoms with van der Waals surface area (Å²) in [6, 6.07) is 5.08. The summed E-state index contributed by atoms with van der Waals surface area (Å²) >= 11 is 0. The molecule has 1 aromatic rings. The molecule has 3 rings (SSSR count). The van der Waals surface area contributed by atoms with E-state index < -0.39 is 0 Å². The molecule has 0 bridgehead atoms. The van der Waals surface area contributed by atoms with Crippen LogP contribution in [-0.4, -0.2) is 30.6 Å². The summed E-state index contributed by atoms with van der Waals surface area (Å²) in [6.07, 6.45) is 12.3. The zero-order valence-electron chi connectivity index (χ0n) is 14.8. The van der Waals surface area contributed by atoms with E-state index in [9.17, 15) is 4.39 Å². The number of nitrogen functional groups attached to an aromatic ring is 1. The Kier molecular flexibility index (Phi) is 6.36. The minimum atomic E-state index is -0.271. The lowest BCUT2D eigenvalue weighted by atomic mass is 9.90. The van der Waals surface area contributed by atoms with Crippen molar-refractivity contribution in [2.75, 3.05) is 30.7 Å². The molecule has 24 heavy (non-hydrogen) atoms. The largest absolute Gasteiger partial charge is 0.397 e. The van der Waals surface area contributed by atoms with E-state index in [0.717, 1.165) is 37.5 Å². The summed E-state index contributed by atoms with van der Waals surface area (Å²) < 4.78 is 13.1. The van der Waals surface area contributed by atoms with Crippen LogP contribution in [0.25, 0.3) is 0 Å². The van der Waals surface area contributed by atoms with Gasteiger partial charge in [-0.15, -0.1) is 0 Å². The third-order valence-electron chi connectivity index (χ3n) is 5.70. The lowest BCUT2D eigenvalue weighted by Crippen LogP contribution is -2.41. The van der Waals surface area contributed by atoms with E-state index in [1.165, 1.54) is 63.6 Å². The highest BCUT2D eigenvalue weighted by Crippen LogP contribution is 2.26. The molecular weight excluding hydrogens is 301 g/mol. The van der Waals surface area contributed by atoms with Crippen LogP contribution >= 0.6 is 0 Å². The molecule has 1 aromatic carbocycles. The van der Waals surface area contributed by atoms with E-state index >= 15 is 0 Å². The first-order valence-electron chi connectivity index (χ1n) is 9.74.